The number of likely N-dealkylation sites (N-methyl/N-ethyl adjacent to an activating group) is 1. The molecule has 9 rings (SSSR count). The molecule has 0 aromatic carbocycles. The zero-order valence-corrected chi connectivity index (χ0v) is 59.7. The summed E-state index contributed by atoms with van der Waals surface area (Å²) in [6.45, 7) is 67.2. The third kappa shape index (κ3) is 39.5. The first-order chi connectivity index (χ1) is 38.9. The monoisotopic (exact) mass is 1160 g/mol. The van der Waals surface area contributed by atoms with Crippen LogP contribution in [0.25, 0.3) is 0 Å². The average molecular weight is 1160 g/mol. The standard InChI is InChI=1S/C9H19N.C8H18N2.5C8H17N.C7H15NO.C7H15N/c1-8(2)9-5-4-6-10(3)7-9;1-8(2)10-6-4-9(3)5-7-10;1-7(2)8-4-5-9(3)6-8;1-7(2)8-4-3-5-9-6-8;2*1-8(2)9-6-4-3-5-7-9;1-7(2)8-5-3-4-6-9-8;1-7(2)8-3-5-9-6-4-8;1-7(2)8-5-3-4-6-8/h8-9H,4-7H2,1-3H3;8H,4-7H2,1-3H3;7-8H,4-6H2,1-3H3;7-9H,3-6H2,1-2H3;2*8H,3-7H2,1-2H3;7-9H,3-6H2,1-2H3;7H,3-6H2,1-2H3;7H,3-6H2,1-2H3. The van der Waals surface area contributed by atoms with Crippen molar-refractivity contribution in [2.75, 3.05) is 159 Å². The summed E-state index contributed by atoms with van der Waals surface area (Å²) in [5.41, 5.74) is 0. The van der Waals surface area contributed by atoms with E-state index >= 15 is 0 Å². The molecule has 9 heterocycles. The zero-order valence-electron chi connectivity index (χ0n) is 59.7. The van der Waals surface area contributed by atoms with Crippen molar-refractivity contribution in [1.29, 1.82) is 0 Å². The van der Waals surface area contributed by atoms with Crippen molar-refractivity contribution >= 4 is 0 Å². The molecule has 0 radical (unpaired) electrons. The van der Waals surface area contributed by atoms with Gasteiger partial charge in [-0.3, -0.25) is 9.80 Å². The predicted molar refractivity (Wildman–Crippen MR) is 365 cm³/mol. The Labute approximate surface area is 516 Å². The summed E-state index contributed by atoms with van der Waals surface area (Å²) in [6.07, 6.45) is 22.6. The Kier molecular flexibility index (Phi) is 47.0. The molecule has 0 amide bonds. The molecule has 492 valence electrons. The number of nitrogens with zero attached hydrogens (tertiary/aromatic N) is 8. The number of rotatable bonds is 9. The Morgan fingerprint density at radius 1 is 0.305 bits per heavy atom. The minimum absolute atomic E-state index is 0.689. The molecule has 11 nitrogen and oxygen atoms in total. The van der Waals surface area contributed by atoms with Crippen LogP contribution in [0.5, 0.6) is 0 Å². The van der Waals surface area contributed by atoms with E-state index in [0.717, 1.165) is 97.9 Å². The number of hydrogen-bond donors (Lipinski definition) is 2. The highest BCUT2D eigenvalue weighted by molar-refractivity contribution is 4.78. The molecule has 0 saturated carbocycles. The van der Waals surface area contributed by atoms with Gasteiger partial charge >= 0.3 is 0 Å². The Hall–Kier alpha value is -0.440. The lowest BCUT2D eigenvalue weighted by Crippen LogP contribution is -2.47. The van der Waals surface area contributed by atoms with Gasteiger partial charge in [-0.05, 0) is 287 Å². The molecule has 9 aliphatic heterocycles. The second-order valence-electron chi connectivity index (χ2n) is 29.5. The lowest BCUT2D eigenvalue weighted by Gasteiger charge is -2.34. The number of piperazine rings is 1. The first-order valence-electron chi connectivity index (χ1n) is 35.7. The summed E-state index contributed by atoms with van der Waals surface area (Å²) in [7, 11) is 6.63. The van der Waals surface area contributed by atoms with Crippen molar-refractivity contribution in [2.45, 2.75) is 264 Å². The van der Waals surface area contributed by atoms with Crippen LogP contribution in [0.2, 0.25) is 0 Å². The third-order valence-electron chi connectivity index (χ3n) is 19.6. The van der Waals surface area contributed by atoms with E-state index in [1.165, 1.54) is 214 Å². The minimum Gasteiger partial charge on any atom is -0.379 e. The van der Waals surface area contributed by atoms with Gasteiger partial charge in [0, 0.05) is 88.6 Å². The van der Waals surface area contributed by atoms with E-state index in [-0.39, 0.29) is 0 Å². The highest BCUT2D eigenvalue weighted by Crippen LogP contribution is 2.23. The third-order valence-corrected chi connectivity index (χ3v) is 19.6. The summed E-state index contributed by atoms with van der Waals surface area (Å²) < 4.78 is 5.21. The van der Waals surface area contributed by atoms with E-state index in [9.17, 15) is 0 Å². The molecule has 0 spiro atoms. The second-order valence-corrected chi connectivity index (χ2v) is 29.5. The molecule has 0 aromatic rings. The van der Waals surface area contributed by atoms with Gasteiger partial charge < -0.3 is 44.8 Å². The SMILES string of the molecule is CC(C)C1CCCCN1.CC(C)C1CCCN(C)C1.CC(C)C1CCCNC1.CC(C)C1CCN(C)C1.CC(C)N1CCCC1.CC(C)N1CCCCC1.CC(C)N1CCCCC1.CC(C)N1CCN(C)CC1.CC(C)N1CCOCC1. The highest BCUT2D eigenvalue weighted by atomic mass is 16.5. The smallest absolute Gasteiger partial charge is 0.0594 e. The van der Waals surface area contributed by atoms with Crippen LogP contribution in [0.4, 0.5) is 0 Å². The van der Waals surface area contributed by atoms with Gasteiger partial charge in [0.1, 0.15) is 0 Å². The molecule has 2 N–H and O–H groups in total. The molecule has 11 heteroatoms. The Bertz CT molecular complexity index is 1220. The van der Waals surface area contributed by atoms with Crippen LogP contribution < -0.4 is 10.6 Å². The van der Waals surface area contributed by atoms with E-state index in [0.29, 0.717) is 6.04 Å². The summed E-state index contributed by atoms with van der Waals surface area (Å²) in [6, 6.07) is 4.54. The van der Waals surface area contributed by atoms with E-state index in [4.69, 9.17) is 4.74 Å². The minimum atomic E-state index is 0.689. The number of ether oxygens (including phenoxy) is 1. The van der Waals surface area contributed by atoms with Crippen molar-refractivity contribution in [3.05, 3.63) is 0 Å². The first kappa shape index (κ1) is 79.6. The molecule has 0 bridgehead atoms. The average Bonchev–Trinajstić information content (AvgIpc) is 4.19. The number of piperidine rings is 5. The molecule has 0 aliphatic carbocycles. The summed E-state index contributed by atoms with van der Waals surface area (Å²) >= 11 is 0. The van der Waals surface area contributed by atoms with Gasteiger partial charge in [0.15, 0.2) is 0 Å². The molecule has 0 aromatic heterocycles. The number of likely N-dealkylation sites (tertiary alicyclic amines) is 5. The maximum absolute atomic E-state index is 5.21. The normalized spacial score (nSPS) is 26.0. The topological polar surface area (TPSA) is 59.2 Å². The van der Waals surface area contributed by atoms with Crippen molar-refractivity contribution in [1.82, 2.24) is 49.8 Å². The van der Waals surface area contributed by atoms with Gasteiger partial charge in [0.25, 0.3) is 0 Å². The Morgan fingerprint density at radius 2 is 0.695 bits per heavy atom. The van der Waals surface area contributed by atoms with Gasteiger partial charge in [0.05, 0.1) is 13.2 Å². The number of nitrogens with one attached hydrogen (secondary N) is 2. The maximum Gasteiger partial charge on any atom is 0.0594 e. The van der Waals surface area contributed by atoms with Gasteiger partial charge in [-0.25, -0.2) is 0 Å². The van der Waals surface area contributed by atoms with E-state index < -0.39 is 0 Å². The largest absolute Gasteiger partial charge is 0.379 e. The summed E-state index contributed by atoms with van der Waals surface area (Å²) in [4.78, 5) is 19.9. The molecule has 9 fully saturated rings. The quantitative estimate of drug-likeness (QED) is 0.232. The van der Waals surface area contributed by atoms with Crippen LogP contribution in [0.15, 0.2) is 0 Å². The highest BCUT2D eigenvalue weighted by Gasteiger charge is 2.23. The fourth-order valence-electron chi connectivity index (χ4n) is 12.7. The number of morpholine rings is 1. The molecular formula is C71H152N10O. The first-order valence-corrected chi connectivity index (χ1v) is 35.7. The fourth-order valence-corrected chi connectivity index (χ4v) is 12.7. The molecule has 9 saturated heterocycles. The Morgan fingerprint density at radius 3 is 0.976 bits per heavy atom. The number of hydrogen-bond acceptors (Lipinski definition) is 11. The van der Waals surface area contributed by atoms with Gasteiger partial charge in [0.2, 0.25) is 0 Å². The van der Waals surface area contributed by atoms with Crippen LogP contribution >= 0.6 is 0 Å². The predicted octanol–water partition coefficient (Wildman–Crippen LogP) is 13.6. The second kappa shape index (κ2) is 48.5. The van der Waals surface area contributed by atoms with Gasteiger partial charge in [-0.15, -0.1) is 0 Å². The van der Waals surface area contributed by atoms with Crippen LogP contribution in [0.3, 0.4) is 0 Å². The lowest BCUT2D eigenvalue weighted by molar-refractivity contribution is 0.0238. The van der Waals surface area contributed by atoms with Crippen LogP contribution in [-0.4, -0.2) is 234 Å². The van der Waals surface area contributed by atoms with Crippen LogP contribution in [0.1, 0.15) is 227 Å². The molecule has 82 heavy (non-hydrogen) atoms. The van der Waals surface area contributed by atoms with Crippen molar-refractivity contribution in [3.8, 4) is 0 Å². The molecular weight excluding hydrogens is 1010 g/mol. The van der Waals surface area contributed by atoms with E-state index in [1.807, 2.05) is 0 Å². The van der Waals surface area contributed by atoms with E-state index in [2.05, 4.69) is 196 Å². The fraction of sp³-hybridized carbons (Fsp3) is 1.00. The van der Waals surface area contributed by atoms with Crippen LogP contribution in [0, 0.1) is 41.4 Å². The van der Waals surface area contributed by atoms with Gasteiger partial charge in [-0.1, -0.05) is 74.7 Å². The summed E-state index contributed by atoms with van der Waals surface area (Å²) in [5.74, 6) is 6.33. The van der Waals surface area contributed by atoms with Gasteiger partial charge in [-0.2, -0.15) is 0 Å². The summed E-state index contributed by atoms with van der Waals surface area (Å²) in [5, 5.41) is 6.93. The molecule has 4 atom stereocenters. The molecule has 9 aliphatic rings. The molecule has 4 unspecified atom stereocenters. The maximum atomic E-state index is 5.21. The van der Waals surface area contributed by atoms with Crippen molar-refractivity contribution < 1.29 is 4.74 Å². The van der Waals surface area contributed by atoms with Crippen molar-refractivity contribution in [3.63, 3.8) is 0 Å². The zero-order chi connectivity index (χ0) is 61.4. The van der Waals surface area contributed by atoms with E-state index in [1.54, 1.807) is 0 Å². The lowest BCUT2D eigenvalue weighted by atomic mass is 9.88. The van der Waals surface area contributed by atoms with Crippen molar-refractivity contribution in [2.24, 2.45) is 41.4 Å². The Balaban J connectivity index is 0.000000462. The van der Waals surface area contributed by atoms with Crippen LogP contribution in [-0.2, 0) is 4.74 Å².